The lowest BCUT2D eigenvalue weighted by atomic mass is 9.75. The highest BCUT2D eigenvalue weighted by Crippen LogP contribution is 2.44. The molecule has 1 fully saturated rings. The SMILES string of the molecule is COc1ccc(CC(=O)Nc2cn(C3CC(c4cccc(CN)c4)C3)cn2)cc1. The Morgan fingerprint density at radius 3 is 2.72 bits per heavy atom. The van der Waals surface area contributed by atoms with Crippen LogP contribution in [-0.4, -0.2) is 22.6 Å². The maximum absolute atomic E-state index is 12.3. The number of nitrogens with two attached hydrogens (primary N) is 1. The average Bonchev–Trinajstić information content (AvgIpc) is 3.15. The second kappa shape index (κ2) is 8.49. The molecule has 1 aliphatic carbocycles. The number of carbonyl (C=O) groups excluding carboxylic acids is 1. The van der Waals surface area contributed by atoms with Crippen LogP contribution in [0.5, 0.6) is 5.75 Å². The molecule has 0 bridgehead atoms. The highest BCUT2D eigenvalue weighted by atomic mass is 16.5. The van der Waals surface area contributed by atoms with Crippen LogP contribution >= 0.6 is 0 Å². The number of anilines is 1. The molecule has 29 heavy (non-hydrogen) atoms. The fourth-order valence-corrected chi connectivity index (χ4v) is 3.79. The Morgan fingerprint density at radius 1 is 1.21 bits per heavy atom. The third kappa shape index (κ3) is 4.49. The Kier molecular flexibility index (Phi) is 5.62. The van der Waals surface area contributed by atoms with Gasteiger partial charge in [-0.3, -0.25) is 4.79 Å². The van der Waals surface area contributed by atoms with Crippen LogP contribution in [0.15, 0.2) is 61.1 Å². The predicted molar refractivity (Wildman–Crippen MR) is 113 cm³/mol. The number of ether oxygens (including phenoxy) is 1. The summed E-state index contributed by atoms with van der Waals surface area (Å²) in [5, 5.41) is 2.88. The summed E-state index contributed by atoms with van der Waals surface area (Å²) in [6.45, 7) is 0.574. The highest BCUT2D eigenvalue weighted by molar-refractivity contribution is 5.91. The van der Waals surface area contributed by atoms with E-state index in [0.29, 0.717) is 30.7 Å². The number of methoxy groups -OCH3 is 1. The molecule has 1 heterocycles. The summed E-state index contributed by atoms with van der Waals surface area (Å²) in [5.41, 5.74) is 9.22. The zero-order chi connectivity index (χ0) is 20.2. The van der Waals surface area contributed by atoms with Crippen LogP contribution in [0.1, 0.15) is 41.5 Å². The summed E-state index contributed by atoms with van der Waals surface area (Å²) in [7, 11) is 1.62. The summed E-state index contributed by atoms with van der Waals surface area (Å²) in [6, 6.07) is 16.5. The fraction of sp³-hybridized carbons (Fsp3) is 0.304. The fourth-order valence-electron chi connectivity index (χ4n) is 3.79. The number of aromatic nitrogens is 2. The lowest BCUT2D eigenvalue weighted by Gasteiger charge is -2.36. The molecule has 0 atom stereocenters. The molecule has 150 valence electrons. The topological polar surface area (TPSA) is 82.2 Å². The van der Waals surface area contributed by atoms with Gasteiger partial charge in [-0.1, -0.05) is 36.4 Å². The molecule has 3 N–H and O–H groups in total. The van der Waals surface area contributed by atoms with E-state index in [-0.39, 0.29) is 5.91 Å². The van der Waals surface area contributed by atoms with Crippen molar-refractivity contribution in [1.82, 2.24) is 9.55 Å². The number of amides is 1. The Morgan fingerprint density at radius 2 is 2.00 bits per heavy atom. The zero-order valence-electron chi connectivity index (χ0n) is 16.5. The predicted octanol–water partition coefficient (Wildman–Crippen LogP) is 3.65. The van der Waals surface area contributed by atoms with Gasteiger partial charge in [0.25, 0.3) is 0 Å². The molecule has 0 spiro atoms. The van der Waals surface area contributed by atoms with Crippen LogP contribution in [-0.2, 0) is 17.8 Å². The third-order valence-corrected chi connectivity index (χ3v) is 5.59. The minimum atomic E-state index is -0.0782. The van der Waals surface area contributed by atoms with Crippen LogP contribution in [0.3, 0.4) is 0 Å². The van der Waals surface area contributed by atoms with Crippen molar-refractivity contribution >= 4 is 11.7 Å². The minimum Gasteiger partial charge on any atom is -0.497 e. The van der Waals surface area contributed by atoms with Crippen molar-refractivity contribution in [3.63, 3.8) is 0 Å². The maximum Gasteiger partial charge on any atom is 0.229 e. The van der Waals surface area contributed by atoms with Gasteiger partial charge in [0.1, 0.15) is 5.75 Å². The van der Waals surface area contributed by atoms with E-state index in [0.717, 1.165) is 24.2 Å². The maximum atomic E-state index is 12.3. The number of imidazole rings is 1. The van der Waals surface area contributed by atoms with E-state index in [1.54, 1.807) is 13.4 Å². The van der Waals surface area contributed by atoms with Gasteiger partial charge in [0.05, 0.1) is 19.9 Å². The standard InChI is InChI=1S/C23H26N4O2/c1-29-21-7-5-16(6-8-21)10-23(28)26-22-14-27(15-25-22)20-11-19(12-20)18-4-2-3-17(9-18)13-24/h2-9,14-15,19-20H,10-13,24H2,1H3,(H,26,28). The molecule has 1 aromatic heterocycles. The van der Waals surface area contributed by atoms with E-state index in [4.69, 9.17) is 10.5 Å². The van der Waals surface area contributed by atoms with Gasteiger partial charge in [-0.15, -0.1) is 0 Å². The van der Waals surface area contributed by atoms with Crippen LogP contribution in [0.2, 0.25) is 0 Å². The molecule has 2 aromatic carbocycles. The summed E-state index contributed by atoms with van der Waals surface area (Å²) in [4.78, 5) is 16.6. The van der Waals surface area contributed by atoms with Crippen LogP contribution in [0.4, 0.5) is 5.82 Å². The molecular weight excluding hydrogens is 364 g/mol. The van der Waals surface area contributed by atoms with Gasteiger partial charge < -0.3 is 20.4 Å². The molecule has 1 amide bonds. The van der Waals surface area contributed by atoms with Gasteiger partial charge in [-0.25, -0.2) is 4.98 Å². The number of nitrogens with zero attached hydrogens (tertiary/aromatic N) is 2. The molecule has 6 heteroatoms. The van der Waals surface area contributed by atoms with Crippen LogP contribution in [0, 0.1) is 0 Å². The summed E-state index contributed by atoms with van der Waals surface area (Å²) in [5.74, 6) is 1.85. The zero-order valence-corrected chi connectivity index (χ0v) is 16.5. The molecule has 0 radical (unpaired) electrons. The van der Waals surface area contributed by atoms with Crippen molar-refractivity contribution in [3.8, 4) is 5.75 Å². The van der Waals surface area contributed by atoms with Crippen molar-refractivity contribution in [2.24, 2.45) is 5.73 Å². The van der Waals surface area contributed by atoms with E-state index in [9.17, 15) is 4.79 Å². The van der Waals surface area contributed by atoms with Gasteiger partial charge in [-0.2, -0.15) is 0 Å². The van der Waals surface area contributed by atoms with Gasteiger partial charge in [0.15, 0.2) is 5.82 Å². The monoisotopic (exact) mass is 390 g/mol. The van der Waals surface area contributed by atoms with Crippen molar-refractivity contribution in [3.05, 3.63) is 77.7 Å². The second-order valence-electron chi connectivity index (χ2n) is 7.55. The van der Waals surface area contributed by atoms with Crippen molar-refractivity contribution in [2.75, 3.05) is 12.4 Å². The van der Waals surface area contributed by atoms with Crippen LogP contribution < -0.4 is 15.8 Å². The van der Waals surface area contributed by atoms with Crippen molar-refractivity contribution in [2.45, 2.75) is 37.8 Å². The highest BCUT2D eigenvalue weighted by Gasteiger charge is 2.31. The first-order valence-corrected chi connectivity index (χ1v) is 9.89. The summed E-state index contributed by atoms with van der Waals surface area (Å²) >= 11 is 0. The first-order chi connectivity index (χ1) is 14.1. The van der Waals surface area contributed by atoms with E-state index in [2.05, 4.69) is 39.1 Å². The quantitative estimate of drug-likeness (QED) is 0.645. The van der Waals surface area contributed by atoms with E-state index < -0.39 is 0 Å². The third-order valence-electron chi connectivity index (χ3n) is 5.59. The second-order valence-corrected chi connectivity index (χ2v) is 7.55. The van der Waals surface area contributed by atoms with Gasteiger partial charge in [-0.05, 0) is 47.6 Å². The normalized spacial score (nSPS) is 18.1. The summed E-state index contributed by atoms with van der Waals surface area (Å²) in [6.07, 6.45) is 6.18. The Hall–Kier alpha value is -3.12. The van der Waals surface area contributed by atoms with E-state index in [1.807, 2.05) is 30.5 Å². The lowest BCUT2D eigenvalue weighted by molar-refractivity contribution is -0.115. The molecular formula is C23H26N4O2. The smallest absolute Gasteiger partial charge is 0.229 e. The first-order valence-electron chi connectivity index (χ1n) is 9.89. The summed E-state index contributed by atoms with van der Waals surface area (Å²) < 4.78 is 7.24. The van der Waals surface area contributed by atoms with E-state index >= 15 is 0 Å². The van der Waals surface area contributed by atoms with Gasteiger partial charge in [0.2, 0.25) is 5.91 Å². The first kappa shape index (κ1) is 19.2. The number of hydrogen-bond donors (Lipinski definition) is 2. The van der Waals surface area contributed by atoms with Gasteiger partial charge >= 0.3 is 0 Å². The minimum absolute atomic E-state index is 0.0782. The number of hydrogen-bond acceptors (Lipinski definition) is 4. The van der Waals surface area contributed by atoms with Crippen LogP contribution in [0.25, 0.3) is 0 Å². The number of carbonyl (C=O) groups is 1. The largest absolute Gasteiger partial charge is 0.497 e. The molecule has 4 rings (SSSR count). The number of rotatable bonds is 7. The van der Waals surface area contributed by atoms with Gasteiger partial charge in [0, 0.05) is 18.8 Å². The Labute approximate surface area is 170 Å². The average molecular weight is 390 g/mol. The molecule has 0 unspecified atom stereocenters. The Bertz CT molecular complexity index is 975. The number of benzene rings is 2. The molecule has 1 saturated carbocycles. The molecule has 1 aliphatic rings. The molecule has 0 aliphatic heterocycles. The van der Waals surface area contributed by atoms with Crippen molar-refractivity contribution < 1.29 is 9.53 Å². The molecule has 0 saturated heterocycles. The molecule has 3 aromatic rings. The lowest BCUT2D eigenvalue weighted by Crippen LogP contribution is -2.24. The molecule has 6 nitrogen and oxygen atoms in total. The Balaban J connectivity index is 1.30. The number of nitrogens with one attached hydrogen (secondary N) is 1. The van der Waals surface area contributed by atoms with E-state index in [1.165, 1.54) is 11.1 Å². The van der Waals surface area contributed by atoms with Crippen molar-refractivity contribution in [1.29, 1.82) is 0 Å².